The number of piperazine rings is 1. The fraction of sp³-hybridized carbons (Fsp3) is 1.00. The summed E-state index contributed by atoms with van der Waals surface area (Å²) in [7, 11) is 3.77. The number of aliphatic hydroxyl groups excluding tert-OH is 1. The normalized spacial score (nSPS) is 27.9. The van der Waals surface area contributed by atoms with Crippen LogP contribution in [-0.2, 0) is 4.74 Å². The molecule has 0 saturated carbocycles. The van der Waals surface area contributed by atoms with Gasteiger partial charge in [0.2, 0.25) is 0 Å². The third kappa shape index (κ3) is 3.53. The van der Waals surface area contributed by atoms with Crippen molar-refractivity contribution in [1.29, 1.82) is 0 Å². The fourth-order valence-corrected chi connectivity index (χ4v) is 1.83. The van der Waals surface area contributed by atoms with Crippen molar-refractivity contribution in [1.82, 2.24) is 9.80 Å². The molecule has 0 bridgehead atoms. The van der Waals surface area contributed by atoms with Gasteiger partial charge in [-0.2, -0.15) is 0 Å². The lowest BCUT2D eigenvalue weighted by molar-refractivity contribution is 0.0169. The summed E-state index contributed by atoms with van der Waals surface area (Å²) >= 11 is 0. The quantitative estimate of drug-likeness (QED) is 0.675. The van der Waals surface area contributed by atoms with Crippen LogP contribution in [0.15, 0.2) is 0 Å². The molecule has 1 saturated heterocycles. The van der Waals surface area contributed by atoms with Crippen LogP contribution in [0.4, 0.5) is 0 Å². The van der Waals surface area contributed by atoms with Crippen LogP contribution < -0.4 is 0 Å². The first-order valence-corrected chi connectivity index (χ1v) is 5.23. The van der Waals surface area contributed by atoms with E-state index in [4.69, 9.17) is 4.74 Å². The molecule has 2 atom stereocenters. The van der Waals surface area contributed by atoms with Gasteiger partial charge in [0, 0.05) is 39.3 Å². The van der Waals surface area contributed by atoms with Gasteiger partial charge in [-0.05, 0) is 14.0 Å². The SMILES string of the molecule is COCC(O)CN1CCN(C)C(C)C1. The summed E-state index contributed by atoms with van der Waals surface area (Å²) in [5.74, 6) is 0. The number of hydrogen-bond acceptors (Lipinski definition) is 4. The summed E-state index contributed by atoms with van der Waals surface area (Å²) in [5.41, 5.74) is 0. The van der Waals surface area contributed by atoms with E-state index < -0.39 is 0 Å². The number of methoxy groups -OCH3 is 1. The van der Waals surface area contributed by atoms with Crippen LogP contribution in [0.5, 0.6) is 0 Å². The Kier molecular flexibility index (Phi) is 4.81. The Labute approximate surface area is 86.4 Å². The molecular weight excluding hydrogens is 180 g/mol. The van der Waals surface area contributed by atoms with Gasteiger partial charge in [-0.25, -0.2) is 0 Å². The topological polar surface area (TPSA) is 35.9 Å². The highest BCUT2D eigenvalue weighted by Gasteiger charge is 2.21. The summed E-state index contributed by atoms with van der Waals surface area (Å²) in [5, 5.41) is 9.57. The maximum absolute atomic E-state index is 9.57. The molecule has 0 radical (unpaired) electrons. The Morgan fingerprint density at radius 3 is 2.79 bits per heavy atom. The molecule has 1 rings (SSSR count). The van der Waals surface area contributed by atoms with E-state index in [0.717, 1.165) is 26.2 Å². The summed E-state index contributed by atoms with van der Waals surface area (Å²) < 4.78 is 4.91. The molecule has 0 aromatic carbocycles. The summed E-state index contributed by atoms with van der Waals surface area (Å²) in [6, 6.07) is 0.582. The molecular formula is C10H22N2O2. The Balaban J connectivity index is 2.25. The van der Waals surface area contributed by atoms with Crippen LogP contribution in [-0.4, -0.2) is 74.0 Å². The maximum atomic E-state index is 9.57. The molecule has 1 N–H and O–H groups in total. The molecule has 1 aliphatic rings. The van der Waals surface area contributed by atoms with Crippen molar-refractivity contribution in [2.45, 2.75) is 19.1 Å². The lowest BCUT2D eigenvalue weighted by atomic mass is 10.2. The van der Waals surface area contributed by atoms with Crippen molar-refractivity contribution in [2.24, 2.45) is 0 Å². The lowest BCUT2D eigenvalue weighted by Crippen LogP contribution is -2.52. The average Bonchev–Trinajstić information content (AvgIpc) is 2.12. The van der Waals surface area contributed by atoms with E-state index in [1.54, 1.807) is 7.11 Å². The number of β-amino-alcohol motifs (C(OH)–C–C–N with tert-alkyl or cyclic N) is 1. The second-order valence-electron chi connectivity index (χ2n) is 4.20. The summed E-state index contributed by atoms with van der Waals surface area (Å²) in [4.78, 5) is 4.65. The van der Waals surface area contributed by atoms with E-state index in [1.807, 2.05) is 0 Å². The number of nitrogens with zero attached hydrogens (tertiary/aromatic N) is 2. The van der Waals surface area contributed by atoms with Gasteiger partial charge in [0.25, 0.3) is 0 Å². The number of aliphatic hydroxyl groups is 1. The molecule has 1 fully saturated rings. The Hall–Kier alpha value is -0.160. The van der Waals surface area contributed by atoms with Gasteiger partial charge in [0.05, 0.1) is 12.7 Å². The first-order valence-electron chi connectivity index (χ1n) is 5.23. The molecule has 1 aliphatic heterocycles. The van der Waals surface area contributed by atoms with Gasteiger partial charge in [-0.1, -0.05) is 0 Å². The minimum atomic E-state index is -0.351. The zero-order valence-electron chi connectivity index (χ0n) is 9.44. The van der Waals surface area contributed by atoms with E-state index in [1.165, 1.54) is 0 Å². The lowest BCUT2D eigenvalue weighted by Gasteiger charge is -2.38. The maximum Gasteiger partial charge on any atom is 0.0900 e. The first kappa shape index (κ1) is 11.9. The van der Waals surface area contributed by atoms with E-state index in [9.17, 15) is 5.11 Å². The van der Waals surface area contributed by atoms with Crippen molar-refractivity contribution in [3.63, 3.8) is 0 Å². The minimum absolute atomic E-state index is 0.351. The number of likely N-dealkylation sites (N-methyl/N-ethyl adjacent to an activating group) is 1. The van der Waals surface area contributed by atoms with Gasteiger partial charge in [-0.3, -0.25) is 4.90 Å². The molecule has 4 heteroatoms. The fourth-order valence-electron chi connectivity index (χ4n) is 1.83. The van der Waals surface area contributed by atoms with Crippen LogP contribution in [0, 0.1) is 0 Å². The molecule has 4 nitrogen and oxygen atoms in total. The standard InChI is InChI=1S/C10H22N2O2/c1-9-6-12(5-4-11(9)2)7-10(13)8-14-3/h9-10,13H,4-8H2,1-3H3. The number of ether oxygens (including phenoxy) is 1. The van der Waals surface area contributed by atoms with Crippen LogP contribution in [0.1, 0.15) is 6.92 Å². The second kappa shape index (κ2) is 5.66. The predicted molar refractivity (Wildman–Crippen MR) is 56.4 cm³/mol. The smallest absolute Gasteiger partial charge is 0.0900 e. The minimum Gasteiger partial charge on any atom is -0.389 e. The van der Waals surface area contributed by atoms with Gasteiger partial charge in [-0.15, -0.1) is 0 Å². The Morgan fingerprint density at radius 1 is 1.50 bits per heavy atom. The van der Waals surface area contributed by atoms with Crippen molar-refractivity contribution >= 4 is 0 Å². The monoisotopic (exact) mass is 202 g/mol. The highest BCUT2D eigenvalue weighted by atomic mass is 16.5. The van der Waals surface area contributed by atoms with Gasteiger partial charge in [0.1, 0.15) is 0 Å². The van der Waals surface area contributed by atoms with Gasteiger partial charge < -0.3 is 14.7 Å². The summed E-state index contributed by atoms with van der Waals surface area (Å²) in [6.45, 7) is 6.54. The Bertz CT molecular complexity index is 166. The van der Waals surface area contributed by atoms with Crippen LogP contribution in [0.25, 0.3) is 0 Å². The van der Waals surface area contributed by atoms with Crippen molar-refractivity contribution in [3.8, 4) is 0 Å². The molecule has 0 amide bonds. The van der Waals surface area contributed by atoms with Gasteiger partial charge in [0.15, 0.2) is 0 Å². The first-order chi connectivity index (χ1) is 6.63. The molecule has 84 valence electrons. The van der Waals surface area contributed by atoms with Crippen molar-refractivity contribution in [3.05, 3.63) is 0 Å². The van der Waals surface area contributed by atoms with E-state index in [0.29, 0.717) is 12.6 Å². The van der Waals surface area contributed by atoms with Crippen molar-refractivity contribution in [2.75, 3.05) is 46.9 Å². The zero-order chi connectivity index (χ0) is 10.6. The predicted octanol–water partition coefficient (Wildman–Crippen LogP) is -0.370. The largest absolute Gasteiger partial charge is 0.389 e. The summed E-state index contributed by atoms with van der Waals surface area (Å²) in [6.07, 6.45) is -0.351. The molecule has 1 heterocycles. The highest BCUT2D eigenvalue weighted by Crippen LogP contribution is 2.07. The van der Waals surface area contributed by atoms with E-state index >= 15 is 0 Å². The second-order valence-corrected chi connectivity index (χ2v) is 4.20. The van der Waals surface area contributed by atoms with Gasteiger partial charge >= 0.3 is 0 Å². The molecule has 0 spiro atoms. The molecule has 2 unspecified atom stereocenters. The zero-order valence-corrected chi connectivity index (χ0v) is 9.44. The molecule has 0 aromatic heterocycles. The molecule has 0 aliphatic carbocycles. The van der Waals surface area contributed by atoms with Crippen LogP contribution in [0.2, 0.25) is 0 Å². The average molecular weight is 202 g/mol. The molecule has 0 aromatic rings. The van der Waals surface area contributed by atoms with E-state index in [-0.39, 0.29) is 6.10 Å². The molecule has 14 heavy (non-hydrogen) atoms. The van der Waals surface area contributed by atoms with E-state index in [2.05, 4.69) is 23.8 Å². The van der Waals surface area contributed by atoms with Crippen LogP contribution >= 0.6 is 0 Å². The third-order valence-electron chi connectivity index (χ3n) is 2.87. The number of rotatable bonds is 4. The van der Waals surface area contributed by atoms with Crippen molar-refractivity contribution < 1.29 is 9.84 Å². The highest BCUT2D eigenvalue weighted by molar-refractivity contribution is 4.78. The van der Waals surface area contributed by atoms with Crippen LogP contribution in [0.3, 0.4) is 0 Å². The third-order valence-corrected chi connectivity index (χ3v) is 2.87. The number of hydrogen-bond donors (Lipinski definition) is 1. The Morgan fingerprint density at radius 2 is 2.21 bits per heavy atom.